The van der Waals surface area contributed by atoms with E-state index in [1.807, 2.05) is 35.3 Å². The SMILES string of the molecule is Cc1ccc(C2=NN3[C@@H](c4ccc(Cl)c(Cl)c4)Oc4ccc(Cl)cc4[C@@H]3C2)cc1. The van der Waals surface area contributed by atoms with Gasteiger partial charge in [-0.05, 0) is 42.8 Å². The molecule has 146 valence electrons. The van der Waals surface area contributed by atoms with Gasteiger partial charge in [-0.1, -0.05) is 70.7 Å². The van der Waals surface area contributed by atoms with Gasteiger partial charge in [0, 0.05) is 22.6 Å². The van der Waals surface area contributed by atoms with E-state index in [0.29, 0.717) is 15.1 Å². The molecule has 5 rings (SSSR count). The molecule has 0 aromatic heterocycles. The number of rotatable bonds is 2. The van der Waals surface area contributed by atoms with Gasteiger partial charge in [-0.3, -0.25) is 0 Å². The van der Waals surface area contributed by atoms with Gasteiger partial charge in [-0.15, -0.1) is 0 Å². The predicted molar refractivity (Wildman–Crippen MR) is 118 cm³/mol. The van der Waals surface area contributed by atoms with Crippen LogP contribution in [0.25, 0.3) is 0 Å². The van der Waals surface area contributed by atoms with E-state index in [9.17, 15) is 0 Å². The Balaban J connectivity index is 1.61. The molecule has 0 bridgehead atoms. The predicted octanol–water partition coefficient (Wildman–Crippen LogP) is 7.20. The van der Waals surface area contributed by atoms with Crippen LogP contribution < -0.4 is 4.74 Å². The first-order valence-electron chi connectivity index (χ1n) is 9.33. The van der Waals surface area contributed by atoms with Gasteiger partial charge in [0.05, 0.1) is 21.8 Å². The van der Waals surface area contributed by atoms with Crippen LogP contribution in [0.15, 0.2) is 65.8 Å². The molecule has 0 N–H and O–H groups in total. The fourth-order valence-electron chi connectivity index (χ4n) is 3.86. The first-order chi connectivity index (χ1) is 14.0. The number of hydrogen-bond acceptors (Lipinski definition) is 3. The molecule has 2 aliphatic rings. The number of nitrogens with zero attached hydrogens (tertiary/aromatic N) is 2. The van der Waals surface area contributed by atoms with Crippen molar-refractivity contribution in [1.82, 2.24) is 5.01 Å². The Hall–Kier alpha value is -2.20. The molecule has 6 heteroatoms. The molecule has 0 radical (unpaired) electrons. The summed E-state index contributed by atoms with van der Waals surface area (Å²) < 4.78 is 6.34. The zero-order valence-electron chi connectivity index (χ0n) is 15.6. The van der Waals surface area contributed by atoms with E-state index in [1.165, 1.54) is 5.56 Å². The molecule has 0 saturated heterocycles. The third-order valence-corrected chi connectivity index (χ3v) is 6.34. The van der Waals surface area contributed by atoms with Crippen molar-refractivity contribution < 1.29 is 4.74 Å². The van der Waals surface area contributed by atoms with Gasteiger partial charge in [0.2, 0.25) is 6.23 Å². The van der Waals surface area contributed by atoms with Crippen LogP contribution in [0.5, 0.6) is 5.75 Å². The number of ether oxygens (including phenoxy) is 1. The molecule has 0 fully saturated rings. The van der Waals surface area contributed by atoms with Crippen molar-refractivity contribution in [3.05, 3.63) is 98.0 Å². The number of halogens is 3. The molecule has 2 heterocycles. The van der Waals surface area contributed by atoms with E-state index in [-0.39, 0.29) is 6.04 Å². The zero-order valence-corrected chi connectivity index (χ0v) is 17.8. The van der Waals surface area contributed by atoms with E-state index < -0.39 is 6.23 Å². The molecular weight excluding hydrogens is 427 g/mol. The van der Waals surface area contributed by atoms with Crippen molar-refractivity contribution in [3.8, 4) is 5.75 Å². The van der Waals surface area contributed by atoms with Gasteiger partial charge in [0.15, 0.2) is 0 Å². The Morgan fingerprint density at radius 1 is 0.931 bits per heavy atom. The van der Waals surface area contributed by atoms with Crippen molar-refractivity contribution in [1.29, 1.82) is 0 Å². The maximum Gasteiger partial charge on any atom is 0.213 e. The van der Waals surface area contributed by atoms with Crippen molar-refractivity contribution in [2.24, 2.45) is 5.10 Å². The smallest absolute Gasteiger partial charge is 0.213 e. The van der Waals surface area contributed by atoms with Crippen molar-refractivity contribution in [2.75, 3.05) is 0 Å². The summed E-state index contributed by atoms with van der Waals surface area (Å²) in [5.74, 6) is 0.812. The number of aryl methyl sites for hydroxylation is 1. The highest BCUT2D eigenvalue weighted by molar-refractivity contribution is 6.42. The van der Waals surface area contributed by atoms with Crippen LogP contribution >= 0.6 is 34.8 Å². The van der Waals surface area contributed by atoms with E-state index in [2.05, 4.69) is 31.2 Å². The zero-order chi connectivity index (χ0) is 20.1. The van der Waals surface area contributed by atoms with Gasteiger partial charge in [0.1, 0.15) is 5.75 Å². The van der Waals surface area contributed by atoms with Gasteiger partial charge < -0.3 is 4.74 Å². The highest BCUT2D eigenvalue weighted by Gasteiger charge is 2.41. The van der Waals surface area contributed by atoms with E-state index in [4.69, 9.17) is 44.6 Å². The normalized spacial score (nSPS) is 20.0. The maximum atomic E-state index is 6.34. The monoisotopic (exact) mass is 442 g/mol. The van der Waals surface area contributed by atoms with Crippen LogP contribution in [-0.4, -0.2) is 10.7 Å². The first kappa shape index (κ1) is 18.8. The van der Waals surface area contributed by atoms with E-state index in [1.54, 1.807) is 6.07 Å². The Kier molecular flexibility index (Phi) is 4.70. The Labute approximate surface area is 184 Å². The lowest BCUT2D eigenvalue weighted by Crippen LogP contribution is -2.33. The molecule has 0 spiro atoms. The number of benzene rings is 3. The lowest BCUT2D eigenvalue weighted by molar-refractivity contribution is -0.0190. The van der Waals surface area contributed by atoms with Crippen molar-refractivity contribution in [3.63, 3.8) is 0 Å². The standard InChI is InChI=1S/C23H17Cl3N2O/c1-13-2-4-14(5-3-13)20-12-21-17-11-16(24)7-9-22(17)29-23(28(21)27-20)15-6-8-18(25)19(26)10-15/h2-11,21,23H,12H2,1H3/t21-,23+/m0/s1. The third-order valence-electron chi connectivity index (χ3n) is 5.37. The molecule has 0 aliphatic carbocycles. The average molecular weight is 444 g/mol. The minimum atomic E-state index is -0.397. The fraction of sp³-hybridized carbons (Fsp3) is 0.174. The molecule has 0 amide bonds. The molecule has 29 heavy (non-hydrogen) atoms. The summed E-state index contributed by atoms with van der Waals surface area (Å²) in [6.07, 6.45) is 0.379. The second kappa shape index (κ2) is 7.24. The molecular formula is C23H17Cl3N2O. The summed E-state index contributed by atoms with van der Waals surface area (Å²) in [4.78, 5) is 0. The van der Waals surface area contributed by atoms with E-state index >= 15 is 0 Å². The van der Waals surface area contributed by atoms with Crippen molar-refractivity contribution in [2.45, 2.75) is 25.6 Å². The van der Waals surface area contributed by atoms with Crippen molar-refractivity contribution >= 4 is 40.5 Å². The molecule has 0 saturated carbocycles. The lowest BCUT2D eigenvalue weighted by Gasteiger charge is -2.38. The minimum Gasteiger partial charge on any atom is -0.464 e. The highest BCUT2D eigenvalue weighted by Crippen LogP contribution is 2.48. The van der Waals surface area contributed by atoms with Gasteiger partial charge in [-0.2, -0.15) is 5.10 Å². The van der Waals surface area contributed by atoms with Crippen LogP contribution in [0.4, 0.5) is 0 Å². The van der Waals surface area contributed by atoms with Crippen LogP contribution in [0.2, 0.25) is 15.1 Å². The lowest BCUT2D eigenvalue weighted by atomic mass is 9.95. The molecule has 0 unspecified atom stereocenters. The van der Waals surface area contributed by atoms with Gasteiger partial charge in [0.25, 0.3) is 0 Å². The summed E-state index contributed by atoms with van der Waals surface area (Å²) in [7, 11) is 0. The topological polar surface area (TPSA) is 24.8 Å². The quantitative estimate of drug-likeness (QED) is 0.418. The van der Waals surface area contributed by atoms with Crippen LogP contribution in [-0.2, 0) is 0 Å². The number of fused-ring (bicyclic) bond motifs is 3. The summed E-state index contributed by atoms with van der Waals surface area (Å²) in [6, 6.07) is 19.8. The molecule has 3 aromatic carbocycles. The number of hydrogen-bond donors (Lipinski definition) is 0. The summed E-state index contributed by atoms with van der Waals surface area (Å²) in [5.41, 5.74) is 5.30. The van der Waals surface area contributed by atoms with E-state index in [0.717, 1.165) is 34.6 Å². The van der Waals surface area contributed by atoms with Crippen LogP contribution in [0.3, 0.4) is 0 Å². The average Bonchev–Trinajstić information content (AvgIpc) is 3.16. The molecule has 2 atom stereocenters. The van der Waals surface area contributed by atoms with Gasteiger partial charge in [-0.25, -0.2) is 5.01 Å². The Bertz CT molecular complexity index is 1130. The largest absolute Gasteiger partial charge is 0.464 e. The first-order valence-corrected chi connectivity index (χ1v) is 10.5. The van der Waals surface area contributed by atoms with Crippen LogP contribution in [0.1, 0.15) is 40.9 Å². The Morgan fingerprint density at radius 3 is 2.48 bits per heavy atom. The number of hydrazone groups is 1. The highest BCUT2D eigenvalue weighted by atomic mass is 35.5. The second-order valence-electron chi connectivity index (χ2n) is 7.34. The summed E-state index contributed by atoms with van der Waals surface area (Å²) >= 11 is 18.7. The molecule has 2 aliphatic heterocycles. The third kappa shape index (κ3) is 3.38. The maximum absolute atomic E-state index is 6.34. The summed E-state index contributed by atoms with van der Waals surface area (Å²) in [6.45, 7) is 2.08. The van der Waals surface area contributed by atoms with Gasteiger partial charge >= 0.3 is 0 Å². The second-order valence-corrected chi connectivity index (χ2v) is 8.59. The fourth-order valence-corrected chi connectivity index (χ4v) is 4.35. The molecule has 3 aromatic rings. The Morgan fingerprint density at radius 2 is 1.72 bits per heavy atom. The molecule has 3 nitrogen and oxygen atoms in total. The van der Waals surface area contributed by atoms with Crippen LogP contribution in [0, 0.1) is 6.92 Å². The minimum absolute atomic E-state index is 0.0354. The summed E-state index contributed by atoms with van der Waals surface area (Å²) in [5, 5.41) is 8.65.